The molecule has 3 unspecified atom stereocenters. The van der Waals surface area contributed by atoms with Gasteiger partial charge in [-0.25, -0.2) is 0 Å². The molecule has 0 saturated heterocycles. The molecule has 57 heavy (non-hydrogen) atoms. The van der Waals surface area contributed by atoms with Gasteiger partial charge >= 0.3 is 0 Å². The van der Waals surface area contributed by atoms with Crippen molar-refractivity contribution < 1.29 is 0 Å². The second kappa shape index (κ2) is 12.3. The molecule has 10 aromatic rings. The summed E-state index contributed by atoms with van der Waals surface area (Å²) in [6.07, 6.45) is 3.68. The lowest BCUT2D eigenvalue weighted by atomic mass is 9.69. The van der Waals surface area contributed by atoms with Crippen LogP contribution >= 0.6 is 0 Å². The highest BCUT2D eigenvalue weighted by Crippen LogP contribution is 2.59. The number of hydrogen-bond donors (Lipinski definition) is 0. The summed E-state index contributed by atoms with van der Waals surface area (Å²) in [5, 5.41) is 13.0. The molecule has 0 aromatic heterocycles. The lowest BCUT2D eigenvalue weighted by Crippen LogP contribution is -2.46. The Morgan fingerprint density at radius 1 is 0.474 bits per heavy atom. The number of nitrogens with zero attached hydrogens (tertiary/aromatic N) is 1. The third-order valence-corrected chi connectivity index (χ3v) is 14.0. The molecular weight excluding hydrogens is 687 g/mol. The van der Waals surface area contributed by atoms with Gasteiger partial charge in [0.2, 0.25) is 0 Å². The summed E-state index contributed by atoms with van der Waals surface area (Å²) in [7, 11) is 0. The van der Waals surface area contributed by atoms with Crippen LogP contribution in [-0.4, -0.2) is 5.54 Å². The van der Waals surface area contributed by atoms with Gasteiger partial charge in [-0.1, -0.05) is 153 Å². The molecule has 1 heteroatoms. The first kappa shape index (κ1) is 32.8. The first-order chi connectivity index (χ1) is 28.0. The molecule has 1 aliphatic carbocycles. The molecule has 1 heterocycles. The summed E-state index contributed by atoms with van der Waals surface area (Å²) < 4.78 is 0. The zero-order valence-corrected chi connectivity index (χ0v) is 32.5. The van der Waals surface area contributed by atoms with E-state index in [1.54, 1.807) is 0 Å². The molecule has 2 aliphatic rings. The predicted octanol–water partition coefficient (Wildman–Crippen LogP) is 15.7. The molecule has 1 saturated carbocycles. The van der Waals surface area contributed by atoms with Crippen LogP contribution in [0, 0.1) is 5.92 Å². The van der Waals surface area contributed by atoms with Crippen molar-refractivity contribution in [2.75, 3.05) is 4.90 Å². The fourth-order valence-electron chi connectivity index (χ4n) is 11.2. The quantitative estimate of drug-likeness (QED) is 0.163. The molecule has 0 radical (unpaired) electrons. The fraction of sp³-hybridized carbons (Fsp3) is 0.143. The number of rotatable bonds is 4. The molecule has 0 N–H and O–H groups in total. The summed E-state index contributed by atoms with van der Waals surface area (Å²) >= 11 is 0. The van der Waals surface area contributed by atoms with Gasteiger partial charge in [0.05, 0.1) is 0 Å². The molecule has 0 bridgehead atoms. The van der Waals surface area contributed by atoms with Gasteiger partial charge in [0.1, 0.15) is 0 Å². The minimum atomic E-state index is 0.0452. The smallest absolute Gasteiger partial charge is 0.0492 e. The molecule has 1 nitrogen and oxygen atoms in total. The van der Waals surface area contributed by atoms with Gasteiger partial charge in [0, 0.05) is 22.8 Å². The van der Waals surface area contributed by atoms with E-state index in [2.05, 4.69) is 195 Å². The first-order valence-corrected chi connectivity index (χ1v) is 20.8. The summed E-state index contributed by atoms with van der Waals surface area (Å²) in [5.41, 5.74) is 12.0. The fourth-order valence-corrected chi connectivity index (χ4v) is 11.2. The summed E-state index contributed by atoms with van der Waals surface area (Å²) in [4.78, 5) is 2.68. The van der Waals surface area contributed by atoms with Crippen LogP contribution in [0.15, 0.2) is 176 Å². The molecule has 3 atom stereocenters. The second-order valence-electron chi connectivity index (χ2n) is 17.1. The van der Waals surface area contributed by atoms with Gasteiger partial charge in [-0.3, -0.25) is 0 Å². The summed E-state index contributed by atoms with van der Waals surface area (Å²) in [5.74, 6) is 1.18. The highest BCUT2D eigenvalue weighted by atomic mass is 15.2. The highest BCUT2D eigenvalue weighted by Gasteiger charge is 2.51. The van der Waals surface area contributed by atoms with Crippen LogP contribution in [0.3, 0.4) is 0 Å². The Bertz CT molecular complexity index is 3200. The number of hydrogen-bond acceptors (Lipinski definition) is 1. The van der Waals surface area contributed by atoms with Crippen LogP contribution < -0.4 is 4.90 Å². The number of fused-ring (bicyclic) bond motifs is 5. The van der Waals surface area contributed by atoms with E-state index in [-0.39, 0.29) is 5.54 Å². The second-order valence-corrected chi connectivity index (χ2v) is 17.1. The summed E-state index contributed by atoms with van der Waals surface area (Å²) in [6.45, 7) is 4.98. The van der Waals surface area contributed by atoms with E-state index in [4.69, 9.17) is 0 Å². The van der Waals surface area contributed by atoms with E-state index in [0.717, 1.165) is 0 Å². The van der Waals surface area contributed by atoms with Crippen LogP contribution in [0.25, 0.3) is 87.2 Å². The van der Waals surface area contributed by atoms with Gasteiger partial charge in [0.15, 0.2) is 0 Å². The predicted molar refractivity (Wildman–Crippen MR) is 244 cm³/mol. The Balaban J connectivity index is 1.16. The molecule has 1 fully saturated rings. The Hall–Kier alpha value is -6.44. The van der Waals surface area contributed by atoms with E-state index in [0.29, 0.717) is 11.8 Å². The zero-order chi connectivity index (χ0) is 37.8. The van der Waals surface area contributed by atoms with Gasteiger partial charge in [0.25, 0.3) is 0 Å². The Kier molecular flexibility index (Phi) is 7.06. The maximum absolute atomic E-state index is 2.68. The third-order valence-electron chi connectivity index (χ3n) is 14.0. The monoisotopic (exact) mass is 729 g/mol. The van der Waals surface area contributed by atoms with Crippen molar-refractivity contribution >= 4 is 65.2 Å². The summed E-state index contributed by atoms with van der Waals surface area (Å²) in [6, 6.07) is 66.5. The highest BCUT2D eigenvalue weighted by molar-refractivity contribution is 6.31. The number of para-hydroxylation sites is 1. The number of benzene rings is 10. The van der Waals surface area contributed by atoms with E-state index in [9.17, 15) is 0 Å². The van der Waals surface area contributed by atoms with Crippen LogP contribution in [0.1, 0.15) is 44.6 Å². The Labute approximate surface area is 334 Å². The van der Waals surface area contributed by atoms with Crippen molar-refractivity contribution in [3.05, 3.63) is 181 Å². The van der Waals surface area contributed by atoms with Crippen molar-refractivity contribution in [1.29, 1.82) is 0 Å². The average Bonchev–Trinajstić information content (AvgIpc) is 3.52. The minimum Gasteiger partial charge on any atom is -0.335 e. The van der Waals surface area contributed by atoms with Crippen LogP contribution in [0.5, 0.6) is 0 Å². The van der Waals surface area contributed by atoms with Crippen LogP contribution in [0.2, 0.25) is 0 Å². The lowest BCUT2D eigenvalue weighted by molar-refractivity contribution is 0.237. The van der Waals surface area contributed by atoms with Gasteiger partial charge < -0.3 is 4.90 Å². The molecule has 0 spiro atoms. The average molecular weight is 730 g/mol. The maximum Gasteiger partial charge on any atom is 0.0492 e. The molecule has 1 aliphatic heterocycles. The molecule has 10 aromatic carbocycles. The van der Waals surface area contributed by atoms with E-state index < -0.39 is 0 Å². The third kappa shape index (κ3) is 4.75. The van der Waals surface area contributed by atoms with E-state index >= 15 is 0 Å². The largest absolute Gasteiger partial charge is 0.335 e. The molecule has 12 rings (SSSR count). The standard InChI is InChI=1S/C56H43N/c1-35-30-31-56(2)52(32-35)51-33-39(24-29-53(51)57(56)40-16-4-3-5-17-40)49-34-50(44-21-11-15-37-13-7-9-19-42(37)44)48-26-23-38-22-25-45(46-27-28-47(49)55(48)54(38)46)43-20-10-14-36-12-6-8-18-41(36)43/h3-29,33-35,52H,30-32H2,1-2H3. The minimum absolute atomic E-state index is 0.0452. The van der Waals surface area contributed by atoms with E-state index in [1.165, 1.54) is 123 Å². The first-order valence-electron chi connectivity index (χ1n) is 20.8. The van der Waals surface area contributed by atoms with Crippen molar-refractivity contribution in [3.8, 4) is 33.4 Å². The number of anilines is 2. The molecule has 0 amide bonds. The van der Waals surface area contributed by atoms with Crippen molar-refractivity contribution in [2.24, 2.45) is 5.92 Å². The van der Waals surface area contributed by atoms with Crippen LogP contribution in [-0.2, 0) is 0 Å². The van der Waals surface area contributed by atoms with Crippen molar-refractivity contribution in [3.63, 3.8) is 0 Å². The van der Waals surface area contributed by atoms with Crippen molar-refractivity contribution in [1.82, 2.24) is 0 Å². The van der Waals surface area contributed by atoms with E-state index in [1.807, 2.05) is 0 Å². The van der Waals surface area contributed by atoms with Gasteiger partial charge in [-0.05, 0) is 155 Å². The van der Waals surface area contributed by atoms with Crippen LogP contribution in [0.4, 0.5) is 11.4 Å². The Morgan fingerprint density at radius 2 is 1.07 bits per heavy atom. The Morgan fingerprint density at radius 3 is 1.82 bits per heavy atom. The SMILES string of the molecule is CC1CCC2(C)C(C1)c1cc(-c3cc(-c4cccc5ccccc45)c4ccc5ccc(-c6cccc7ccccc67)c6ccc3c4c56)ccc1N2c1ccccc1. The molecule has 272 valence electrons. The topological polar surface area (TPSA) is 3.24 Å². The van der Waals surface area contributed by atoms with Gasteiger partial charge in [-0.2, -0.15) is 0 Å². The lowest BCUT2D eigenvalue weighted by Gasteiger charge is -2.45. The normalized spacial score (nSPS) is 19.2. The maximum atomic E-state index is 2.68. The zero-order valence-electron chi connectivity index (χ0n) is 32.5. The van der Waals surface area contributed by atoms with Crippen molar-refractivity contribution in [2.45, 2.75) is 44.6 Å². The van der Waals surface area contributed by atoms with Gasteiger partial charge in [-0.15, -0.1) is 0 Å². The molecular formula is C56H43N.